The van der Waals surface area contributed by atoms with Crippen LogP contribution in [0.1, 0.15) is 22.3 Å². The van der Waals surface area contributed by atoms with Gasteiger partial charge in [-0.05, 0) is 30.8 Å². The van der Waals surface area contributed by atoms with Crippen LogP contribution in [0.25, 0.3) is 0 Å². The summed E-state index contributed by atoms with van der Waals surface area (Å²) in [5, 5.41) is 22.4. The van der Waals surface area contributed by atoms with Crippen molar-refractivity contribution in [3.63, 3.8) is 0 Å². The number of nitrogens with one attached hydrogen (secondary N) is 1. The van der Waals surface area contributed by atoms with Crippen molar-refractivity contribution in [2.24, 2.45) is 0 Å². The largest absolute Gasteiger partial charge is 0.535 e. The fraction of sp³-hybridized carbons (Fsp3) is 0.588. The Bertz CT molecular complexity index is 700. The van der Waals surface area contributed by atoms with Crippen LogP contribution in [0.3, 0.4) is 0 Å². The lowest BCUT2D eigenvalue weighted by Gasteiger charge is -2.40. The predicted molar refractivity (Wildman–Crippen MR) is 92.7 cm³/mol. The molecule has 0 bridgehead atoms. The fourth-order valence-electron chi connectivity index (χ4n) is 3.86. The molecule has 4 rings (SSSR count). The molecule has 26 heavy (non-hydrogen) atoms. The molecule has 0 aliphatic carbocycles. The minimum absolute atomic E-state index is 0.0302. The van der Waals surface area contributed by atoms with Crippen LogP contribution in [-0.4, -0.2) is 72.6 Å². The summed E-state index contributed by atoms with van der Waals surface area (Å²) in [5.41, 5.74) is 0.737. The van der Waals surface area contributed by atoms with Gasteiger partial charge in [-0.1, -0.05) is 6.07 Å². The van der Waals surface area contributed by atoms with E-state index in [1.165, 1.54) is 0 Å². The highest BCUT2D eigenvalue weighted by atomic mass is 19.1. The van der Waals surface area contributed by atoms with E-state index < -0.39 is 19.3 Å². The minimum Gasteiger partial charge on any atom is -0.535 e. The molecule has 3 heterocycles. The molecule has 9 heteroatoms. The Morgan fingerprint density at radius 3 is 2.96 bits per heavy atom. The van der Waals surface area contributed by atoms with E-state index in [1.54, 1.807) is 12.1 Å². The number of carboxylic acids is 1. The molecule has 0 aromatic heterocycles. The molecule has 0 spiro atoms. The minimum atomic E-state index is -1.13. The van der Waals surface area contributed by atoms with Crippen LogP contribution in [0.4, 0.5) is 4.39 Å². The SMILES string of the molecule is O=C(O)c1c(OC2CN(C[C@@H]3C[C@H](F)CN3)C2)ccc2c1OB(O)CC2. The lowest BCUT2D eigenvalue weighted by molar-refractivity contribution is 0.0140. The Kier molecular flexibility index (Phi) is 4.77. The highest BCUT2D eigenvalue weighted by Gasteiger charge is 2.35. The monoisotopic (exact) mass is 364 g/mol. The van der Waals surface area contributed by atoms with Gasteiger partial charge in [0.25, 0.3) is 0 Å². The summed E-state index contributed by atoms with van der Waals surface area (Å²) in [7, 11) is -0.992. The molecule has 1 aromatic rings. The summed E-state index contributed by atoms with van der Waals surface area (Å²) < 4.78 is 24.4. The van der Waals surface area contributed by atoms with Crippen LogP contribution < -0.4 is 14.7 Å². The van der Waals surface area contributed by atoms with Gasteiger partial charge < -0.3 is 24.8 Å². The molecule has 140 valence electrons. The Morgan fingerprint density at radius 1 is 1.46 bits per heavy atom. The predicted octanol–water partition coefficient (Wildman–Crippen LogP) is 0.563. The quantitative estimate of drug-likeness (QED) is 0.658. The van der Waals surface area contributed by atoms with Gasteiger partial charge in [0.2, 0.25) is 0 Å². The van der Waals surface area contributed by atoms with Gasteiger partial charge in [-0.2, -0.15) is 0 Å². The van der Waals surface area contributed by atoms with Gasteiger partial charge in [-0.25, -0.2) is 9.18 Å². The maximum Gasteiger partial charge on any atom is 0.522 e. The maximum absolute atomic E-state index is 13.2. The van der Waals surface area contributed by atoms with E-state index in [9.17, 15) is 19.3 Å². The molecule has 3 aliphatic rings. The lowest BCUT2D eigenvalue weighted by atomic mass is 9.78. The molecule has 3 N–H and O–H groups in total. The molecule has 3 aliphatic heterocycles. The van der Waals surface area contributed by atoms with Crippen molar-refractivity contribution in [1.82, 2.24) is 10.2 Å². The van der Waals surface area contributed by atoms with Crippen LogP contribution in [0.2, 0.25) is 6.32 Å². The summed E-state index contributed by atoms with van der Waals surface area (Å²) in [4.78, 5) is 13.9. The number of hydrogen-bond donors (Lipinski definition) is 3. The Hall–Kier alpha value is -1.84. The highest BCUT2D eigenvalue weighted by molar-refractivity contribution is 6.44. The molecule has 0 saturated carbocycles. The van der Waals surface area contributed by atoms with Crippen molar-refractivity contribution in [2.75, 3.05) is 26.2 Å². The van der Waals surface area contributed by atoms with Crippen LogP contribution in [0.15, 0.2) is 12.1 Å². The van der Waals surface area contributed by atoms with Gasteiger partial charge in [0.1, 0.15) is 29.3 Å². The van der Waals surface area contributed by atoms with Crippen LogP contribution in [-0.2, 0) is 6.42 Å². The number of ether oxygens (including phenoxy) is 1. The summed E-state index contributed by atoms with van der Waals surface area (Å²) in [6, 6.07) is 3.63. The van der Waals surface area contributed by atoms with Crippen molar-refractivity contribution in [1.29, 1.82) is 0 Å². The number of alkyl halides is 1. The fourth-order valence-corrected chi connectivity index (χ4v) is 3.86. The molecule has 0 unspecified atom stereocenters. The number of carbonyl (C=O) groups is 1. The summed E-state index contributed by atoms with van der Waals surface area (Å²) >= 11 is 0. The van der Waals surface area contributed by atoms with Gasteiger partial charge in [0.15, 0.2) is 0 Å². The van der Waals surface area contributed by atoms with E-state index in [4.69, 9.17) is 9.39 Å². The molecule has 2 saturated heterocycles. The van der Waals surface area contributed by atoms with Gasteiger partial charge >= 0.3 is 13.1 Å². The number of carboxylic acid groups (broad SMARTS) is 1. The number of halogens is 1. The zero-order valence-corrected chi connectivity index (χ0v) is 14.4. The molecule has 2 fully saturated rings. The van der Waals surface area contributed by atoms with Gasteiger partial charge in [-0.3, -0.25) is 4.90 Å². The second-order valence-electron chi connectivity index (χ2n) is 7.24. The average Bonchev–Trinajstić information content (AvgIpc) is 2.97. The van der Waals surface area contributed by atoms with Gasteiger partial charge in [0, 0.05) is 32.2 Å². The average molecular weight is 364 g/mol. The number of aromatic carboxylic acids is 1. The van der Waals surface area contributed by atoms with Crippen molar-refractivity contribution in [3.05, 3.63) is 23.3 Å². The second kappa shape index (κ2) is 7.05. The molecule has 0 radical (unpaired) electrons. The van der Waals surface area contributed by atoms with Gasteiger partial charge in [-0.15, -0.1) is 0 Å². The first-order valence-corrected chi connectivity index (χ1v) is 9.00. The van der Waals surface area contributed by atoms with E-state index in [-0.39, 0.29) is 29.2 Å². The number of nitrogens with zero attached hydrogens (tertiary/aromatic N) is 1. The Labute approximate surface area is 151 Å². The molecular weight excluding hydrogens is 342 g/mol. The number of fused-ring (bicyclic) bond motifs is 1. The smallest absolute Gasteiger partial charge is 0.522 e. The number of benzene rings is 1. The van der Waals surface area contributed by atoms with Crippen LogP contribution in [0, 0.1) is 0 Å². The molecule has 1 aromatic carbocycles. The first-order chi connectivity index (χ1) is 12.5. The van der Waals surface area contributed by atoms with Crippen molar-refractivity contribution >= 4 is 13.1 Å². The number of hydrogen-bond acceptors (Lipinski definition) is 6. The van der Waals surface area contributed by atoms with E-state index in [1.807, 2.05) is 0 Å². The first-order valence-electron chi connectivity index (χ1n) is 9.00. The third kappa shape index (κ3) is 3.51. The summed E-state index contributed by atoms with van der Waals surface area (Å²) in [6.07, 6.45) is 0.673. The molecule has 7 nitrogen and oxygen atoms in total. The Balaban J connectivity index is 1.40. The van der Waals surface area contributed by atoms with Crippen molar-refractivity contribution < 1.29 is 28.7 Å². The zero-order valence-electron chi connectivity index (χ0n) is 14.4. The third-order valence-electron chi connectivity index (χ3n) is 5.19. The van der Waals surface area contributed by atoms with Gasteiger partial charge in [0.05, 0.1) is 0 Å². The first kappa shape index (κ1) is 17.6. The van der Waals surface area contributed by atoms with E-state index in [2.05, 4.69) is 10.2 Å². The van der Waals surface area contributed by atoms with Crippen LogP contribution in [0.5, 0.6) is 11.5 Å². The number of likely N-dealkylation sites (tertiary alicyclic amines) is 1. The van der Waals surface area contributed by atoms with Crippen molar-refractivity contribution in [2.45, 2.75) is 37.5 Å². The Morgan fingerprint density at radius 2 is 2.27 bits per heavy atom. The second-order valence-corrected chi connectivity index (χ2v) is 7.24. The van der Waals surface area contributed by atoms with Crippen LogP contribution >= 0.6 is 0 Å². The standard InChI is InChI=1S/C17H22BFN2O5/c19-11-5-12(20-6-11)7-21-8-13(9-21)25-14-2-1-10-3-4-18(24)26-16(10)15(14)17(22)23/h1-2,11-13,20,24H,3-9H2,(H,22,23)/t11-,12-/m0/s1. The normalized spacial score (nSPS) is 26.2. The topological polar surface area (TPSA) is 91.3 Å². The highest BCUT2D eigenvalue weighted by Crippen LogP contribution is 2.37. The molecule has 0 amide bonds. The van der Waals surface area contributed by atoms with E-state index >= 15 is 0 Å². The van der Waals surface area contributed by atoms with E-state index in [0.29, 0.717) is 38.8 Å². The zero-order chi connectivity index (χ0) is 18.3. The maximum atomic E-state index is 13.2. The summed E-state index contributed by atoms with van der Waals surface area (Å²) in [6.45, 7) is 2.54. The number of rotatable bonds is 5. The third-order valence-corrected chi connectivity index (χ3v) is 5.19. The molecular formula is C17H22BFN2O5. The van der Waals surface area contributed by atoms with E-state index in [0.717, 1.165) is 12.1 Å². The molecule has 2 atom stereocenters. The summed E-state index contributed by atoms with van der Waals surface area (Å²) in [5.74, 6) is -0.668. The lowest BCUT2D eigenvalue weighted by Crippen LogP contribution is -2.56. The van der Waals surface area contributed by atoms with Crippen molar-refractivity contribution in [3.8, 4) is 11.5 Å². The number of aryl methyl sites for hydroxylation is 1.